The first-order chi connectivity index (χ1) is 13.7. The van der Waals surface area contributed by atoms with Crippen molar-refractivity contribution in [3.63, 3.8) is 0 Å². The molecule has 0 saturated carbocycles. The summed E-state index contributed by atoms with van der Waals surface area (Å²) in [5.41, 5.74) is -0.191. The number of aryl methyl sites for hydroxylation is 1. The van der Waals surface area contributed by atoms with Crippen LogP contribution in [0.2, 0.25) is 5.15 Å². The van der Waals surface area contributed by atoms with Crippen LogP contribution in [0.5, 0.6) is 5.75 Å². The summed E-state index contributed by atoms with van der Waals surface area (Å²) in [4.78, 5) is 12.2. The number of hydrogen-bond acceptors (Lipinski definition) is 5. The summed E-state index contributed by atoms with van der Waals surface area (Å²) in [7, 11) is 0. The smallest absolute Gasteiger partial charge is 0.420 e. The van der Waals surface area contributed by atoms with Gasteiger partial charge in [0.15, 0.2) is 0 Å². The number of allylic oxidation sites excluding steroid dienone is 1. The Morgan fingerprint density at radius 1 is 1.10 bits per heavy atom. The number of anilines is 1. The van der Waals surface area contributed by atoms with Gasteiger partial charge in [0.25, 0.3) is 0 Å². The Bertz CT molecular complexity index is 1160. The van der Waals surface area contributed by atoms with E-state index in [2.05, 4.69) is 33.4 Å². The second-order valence-electron chi connectivity index (χ2n) is 6.41. The number of nitrogens with one attached hydrogen (secondary N) is 1. The molecule has 1 aromatic carbocycles. The van der Waals surface area contributed by atoms with Crippen LogP contribution in [-0.2, 0) is 12.6 Å². The maximum atomic E-state index is 13.7. The Kier molecular flexibility index (Phi) is 4.66. The van der Waals surface area contributed by atoms with E-state index in [-0.39, 0.29) is 16.7 Å². The molecule has 0 fully saturated rings. The van der Waals surface area contributed by atoms with E-state index in [9.17, 15) is 13.2 Å². The van der Waals surface area contributed by atoms with Crippen molar-refractivity contribution >= 4 is 34.0 Å². The van der Waals surface area contributed by atoms with Crippen LogP contribution in [0.15, 0.2) is 49.4 Å². The normalized spacial score (nSPS) is 14.6. The number of aromatic nitrogens is 3. The number of para-hydroxylation sites is 1. The fourth-order valence-corrected chi connectivity index (χ4v) is 3.34. The fourth-order valence-electron chi connectivity index (χ4n) is 3.09. The fraction of sp³-hybridized carbons (Fsp3) is 0.150. The molecule has 1 aliphatic heterocycles. The molecule has 2 aromatic heterocycles. The van der Waals surface area contributed by atoms with Gasteiger partial charge in [0.1, 0.15) is 28.1 Å². The molecular formula is C20H14ClF3N4O. The predicted octanol–water partition coefficient (Wildman–Crippen LogP) is 5.62. The monoisotopic (exact) mass is 418 g/mol. The lowest BCUT2D eigenvalue weighted by molar-refractivity contribution is -0.136. The third kappa shape index (κ3) is 3.63. The third-order valence-electron chi connectivity index (χ3n) is 4.39. The molecule has 4 rings (SSSR count). The number of pyridine rings is 1. The second kappa shape index (κ2) is 7.04. The van der Waals surface area contributed by atoms with Crippen LogP contribution < -0.4 is 10.1 Å². The van der Waals surface area contributed by atoms with Crippen LogP contribution >= 0.6 is 11.6 Å². The summed E-state index contributed by atoms with van der Waals surface area (Å²) in [6.07, 6.45) is -2.83. The van der Waals surface area contributed by atoms with Gasteiger partial charge in [-0.3, -0.25) is 0 Å². The van der Waals surface area contributed by atoms with Gasteiger partial charge in [-0.2, -0.15) is 13.2 Å². The van der Waals surface area contributed by atoms with Gasteiger partial charge in [-0.05, 0) is 12.1 Å². The summed E-state index contributed by atoms with van der Waals surface area (Å²) in [5, 5.41) is 1.96. The third-order valence-corrected chi connectivity index (χ3v) is 4.67. The Morgan fingerprint density at radius 3 is 2.62 bits per heavy atom. The number of fused-ring (bicyclic) bond motifs is 5. The molecular weight excluding hydrogens is 405 g/mol. The Morgan fingerprint density at radius 2 is 1.86 bits per heavy atom. The van der Waals surface area contributed by atoms with Gasteiger partial charge < -0.3 is 10.1 Å². The van der Waals surface area contributed by atoms with E-state index in [1.54, 1.807) is 24.3 Å². The SMILES string of the molecule is C=C1CCc2nc(c3c(C(F)(F)F)c(Cl)ncc3n2)NC(=C)c2ccccc2O1. The van der Waals surface area contributed by atoms with Crippen LogP contribution in [0, 0.1) is 0 Å². The largest absolute Gasteiger partial charge is 0.462 e. The van der Waals surface area contributed by atoms with Crippen molar-refractivity contribution in [2.24, 2.45) is 0 Å². The molecule has 3 aromatic rings. The molecule has 1 aliphatic rings. The van der Waals surface area contributed by atoms with Gasteiger partial charge in [-0.15, -0.1) is 0 Å². The molecule has 3 heterocycles. The summed E-state index contributed by atoms with van der Waals surface area (Å²) < 4.78 is 47.0. The number of halogens is 4. The standard InChI is InChI=1S/C20H14ClF3N4O/c1-10-7-8-15-27-13-9-25-18(21)17(20(22,23)24)16(13)19(28-15)26-11(2)12-5-3-4-6-14(12)29-10/h3-6,9H,1-2,7-8H2,(H,26,27,28). The van der Waals surface area contributed by atoms with Crippen molar-refractivity contribution in [2.75, 3.05) is 5.32 Å². The maximum absolute atomic E-state index is 13.7. The molecule has 0 aliphatic carbocycles. The first kappa shape index (κ1) is 19.2. The first-order valence-electron chi connectivity index (χ1n) is 8.57. The van der Waals surface area contributed by atoms with Crippen molar-refractivity contribution in [3.05, 3.63) is 71.5 Å². The van der Waals surface area contributed by atoms with E-state index < -0.39 is 16.9 Å². The number of alkyl halides is 3. The molecule has 29 heavy (non-hydrogen) atoms. The minimum atomic E-state index is -4.74. The van der Waals surface area contributed by atoms with E-state index in [1.165, 1.54) is 6.20 Å². The summed E-state index contributed by atoms with van der Waals surface area (Å²) in [6, 6.07) is 7.01. The molecule has 148 valence electrons. The molecule has 0 saturated heterocycles. The molecule has 0 radical (unpaired) electrons. The lowest BCUT2D eigenvalue weighted by atomic mass is 10.1. The minimum Gasteiger partial charge on any atom is -0.462 e. The summed E-state index contributed by atoms with van der Waals surface area (Å²) in [5.74, 6) is 1.23. The highest BCUT2D eigenvalue weighted by Gasteiger charge is 2.38. The maximum Gasteiger partial charge on any atom is 0.420 e. The lowest BCUT2D eigenvalue weighted by Gasteiger charge is -2.17. The van der Waals surface area contributed by atoms with Crippen LogP contribution in [-0.4, -0.2) is 15.0 Å². The Hall–Kier alpha value is -3.13. The highest BCUT2D eigenvalue weighted by molar-refractivity contribution is 6.31. The molecule has 2 bridgehead atoms. The van der Waals surface area contributed by atoms with E-state index in [4.69, 9.17) is 16.3 Å². The summed E-state index contributed by atoms with van der Waals surface area (Å²) >= 11 is 5.80. The molecule has 0 amide bonds. The van der Waals surface area contributed by atoms with Crippen molar-refractivity contribution < 1.29 is 17.9 Å². The number of nitrogens with zero attached hydrogens (tertiary/aromatic N) is 3. The first-order valence-corrected chi connectivity index (χ1v) is 8.95. The highest BCUT2D eigenvalue weighted by atomic mass is 35.5. The van der Waals surface area contributed by atoms with Crippen molar-refractivity contribution in [3.8, 4) is 5.75 Å². The van der Waals surface area contributed by atoms with Crippen LogP contribution in [0.1, 0.15) is 23.4 Å². The number of rotatable bonds is 0. The molecule has 0 spiro atoms. The van der Waals surface area contributed by atoms with E-state index in [0.29, 0.717) is 41.4 Å². The van der Waals surface area contributed by atoms with Gasteiger partial charge >= 0.3 is 6.18 Å². The van der Waals surface area contributed by atoms with E-state index in [1.807, 2.05) is 0 Å². The molecule has 9 heteroatoms. The average Bonchev–Trinajstić information content (AvgIpc) is 2.67. The lowest BCUT2D eigenvalue weighted by Crippen LogP contribution is -2.12. The topological polar surface area (TPSA) is 59.9 Å². The average molecular weight is 419 g/mol. The Balaban J connectivity index is 1.98. The van der Waals surface area contributed by atoms with Gasteiger partial charge in [0, 0.05) is 24.1 Å². The van der Waals surface area contributed by atoms with Crippen molar-refractivity contribution in [1.82, 2.24) is 15.0 Å². The van der Waals surface area contributed by atoms with Gasteiger partial charge in [0.05, 0.1) is 22.9 Å². The second-order valence-corrected chi connectivity index (χ2v) is 6.77. The quantitative estimate of drug-likeness (QED) is 0.480. The van der Waals surface area contributed by atoms with Gasteiger partial charge in [-0.25, -0.2) is 15.0 Å². The van der Waals surface area contributed by atoms with E-state index in [0.717, 1.165) is 0 Å². The van der Waals surface area contributed by atoms with Crippen molar-refractivity contribution in [1.29, 1.82) is 0 Å². The zero-order chi connectivity index (χ0) is 20.8. The predicted molar refractivity (Wildman–Crippen MR) is 105 cm³/mol. The molecule has 5 nitrogen and oxygen atoms in total. The molecule has 0 unspecified atom stereocenters. The van der Waals surface area contributed by atoms with Crippen LogP contribution in [0.3, 0.4) is 0 Å². The Labute approximate surface area is 168 Å². The van der Waals surface area contributed by atoms with Crippen LogP contribution in [0.25, 0.3) is 16.6 Å². The van der Waals surface area contributed by atoms with Gasteiger partial charge in [-0.1, -0.05) is 36.9 Å². The van der Waals surface area contributed by atoms with E-state index >= 15 is 0 Å². The number of benzene rings is 1. The highest BCUT2D eigenvalue weighted by Crippen LogP contribution is 2.41. The zero-order valence-corrected chi connectivity index (χ0v) is 15.7. The van der Waals surface area contributed by atoms with Crippen molar-refractivity contribution in [2.45, 2.75) is 19.0 Å². The van der Waals surface area contributed by atoms with Gasteiger partial charge in [0.2, 0.25) is 0 Å². The zero-order valence-electron chi connectivity index (χ0n) is 15.0. The summed E-state index contributed by atoms with van der Waals surface area (Å²) in [6.45, 7) is 7.84. The number of hydrogen-bond donors (Lipinski definition) is 1. The molecule has 1 N–H and O–H groups in total. The molecule has 0 atom stereocenters. The van der Waals surface area contributed by atoms with Crippen LogP contribution in [0.4, 0.5) is 19.0 Å². The number of ether oxygens (including phenoxy) is 1. The minimum absolute atomic E-state index is 0.0288.